The maximum atomic E-state index is 13.8. The van der Waals surface area contributed by atoms with Crippen molar-refractivity contribution in [2.45, 2.75) is 19.0 Å². The third-order valence-electron chi connectivity index (χ3n) is 2.69. The summed E-state index contributed by atoms with van der Waals surface area (Å²) in [7, 11) is 0. The van der Waals surface area contributed by atoms with Gasteiger partial charge < -0.3 is 5.73 Å². The van der Waals surface area contributed by atoms with Crippen molar-refractivity contribution in [3.8, 4) is 0 Å². The van der Waals surface area contributed by atoms with E-state index in [-0.39, 0.29) is 23.4 Å². The van der Waals surface area contributed by atoms with Gasteiger partial charge in [0.2, 0.25) is 0 Å². The van der Waals surface area contributed by atoms with Crippen LogP contribution in [0.15, 0.2) is 17.1 Å². The summed E-state index contributed by atoms with van der Waals surface area (Å²) in [5.74, 6) is -1.12. The molecule has 92 valence electrons. The molecule has 0 saturated heterocycles. The molecule has 1 heterocycles. The molecule has 1 aromatic rings. The van der Waals surface area contributed by atoms with Crippen molar-refractivity contribution in [3.63, 3.8) is 0 Å². The highest BCUT2D eigenvalue weighted by Gasteiger charge is 2.35. The number of amidine groups is 1. The molecule has 2 rings (SSSR count). The van der Waals surface area contributed by atoms with Gasteiger partial charge in [-0.25, -0.2) is 4.39 Å². The summed E-state index contributed by atoms with van der Waals surface area (Å²) in [5.41, 5.74) is 4.62. The molecule has 2 nitrogen and oxygen atoms in total. The maximum absolute atomic E-state index is 13.8. The minimum absolute atomic E-state index is 0.0126. The fourth-order valence-corrected chi connectivity index (χ4v) is 1.87. The highest BCUT2D eigenvalue weighted by molar-refractivity contribution is 5.99. The van der Waals surface area contributed by atoms with Gasteiger partial charge >= 0.3 is 6.18 Å². The number of nitrogens with two attached hydrogens (primary N) is 1. The lowest BCUT2D eigenvalue weighted by molar-refractivity contribution is -0.140. The lowest BCUT2D eigenvalue weighted by Gasteiger charge is -2.13. The van der Waals surface area contributed by atoms with Gasteiger partial charge in [-0.2, -0.15) is 13.2 Å². The Bertz CT molecular complexity index is 477. The fraction of sp³-hybridized carbons (Fsp3) is 0.364. The number of rotatable bonds is 0. The molecule has 0 spiro atoms. The van der Waals surface area contributed by atoms with E-state index >= 15 is 0 Å². The van der Waals surface area contributed by atoms with E-state index in [1.54, 1.807) is 0 Å². The highest BCUT2D eigenvalue weighted by Crippen LogP contribution is 2.34. The largest absolute Gasteiger partial charge is 0.419 e. The van der Waals surface area contributed by atoms with Crippen molar-refractivity contribution < 1.29 is 17.6 Å². The zero-order valence-electron chi connectivity index (χ0n) is 8.81. The highest BCUT2D eigenvalue weighted by atomic mass is 19.4. The Morgan fingerprint density at radius 3 is 2.59 bits per heavy atom. The minimum atomic E-state index is -4.68. The summed E-state index contributed by atoms with van der Waals surface area (Å²) >= 11 is 0. The van der Waals surface area contributed by atoms with Crippen LogP contribution in [0.4, 0.5) is 17.6 Å². The van der Waals surface area contributed by atoms with E-state index in [4.69, 9.17) is 5.73 Å². The monoisotopic (exact) mass is 246 g/mol. The Morgan fingerprint density at radius 1 is 1.24 bits per heavy atom. The summed E-state index contributed by atoms with van der Waals surface area (Å²) in [6.07, 6.45) is -3.97. The normalized spacial score (nSPS) is 16.1. The molecule has 6 heteroatoms. The Kier molecular flexibility index (Phi) is 2.81. The number of aliphatic imine (C=N–C) groups is 1. The van der Waals surface area contributed by atoms with Gasteiger partial charge in [0, 0.05) is 12.1 Å². The molecule has 0 aromatic heterocycles. The number of alkyl halides is 3. The molecular weight excluding hydrogens is 236 g/mol. The van der Waals surface area contributed by atoms with Crippen LogP contribution in [0.2, 0.25) is 0 Å². The first-order chi connectivity index (χ1) is 7.91. The quantitative estimate of drug-likeness (QED) is 0.702. The summed E-state index contributed by atoms with van der Waals surface area (Å²) in [4.78, 5) is 3.94. The third kappa shape index (κ3) is 2.11. The van der Waals surface area contributed by atoms with E-state index in [1.165, 1.54) is 6.07 Å². The molecule has 0 atom stereocenters. The van der Waals surface area contributed by atoms with Gasteiger partial charge in [-0.15, -0.1) is 0 Å². The van der Waals surface area contributed by atoms with E-state index in [9.17, 15) is 17.6 Å². The van der Waals surface area contributed by atoms with E-state index < -0.39 is 17.6 Å². The Balaban J connectivity index is 2.61. The molecule has 0 aliphatic carbocycles. The van der Waals surface area contributed by atoms with Gasteiger partial charge in [-0.05, 0) is 24.5 Å². The number of hydrogen-bond acceptors (Lipinski definition) is 2. The van der Waals surface area contributed by atoms with Crippen LogP contribution in [-0.2, 0) is 12.6 Å². The molecule has 1 aromatic carbocycles. The number of fused-ring (bicyclic) bond motifs is 1. The summed E-state index contributed by atoms with van der Waals surface area (Å²) in [5, 5.41) is 0. The molecule has 1 aliphatic rings. The molecule has 0 bridgehead atoms. The van der Waals surface area contributed by atoms with E-state index in [0.717, 1.165) is 0 Å². The van der Waals surface area contributed by atoms with Crippen LogP contribution in [0.3, 0.4) is 0 Å². The minimum Gasteiger partial charge on any atom is -0.383 e. The van der Waals surface area contributed by atoms with Gasteiger partial charge in [-0.1, -0.05) is 6.07 Å². The van der Waals surface area contributed by atoms with Gasteiger partial charge in [0.25, 0.3) is 0 Å². The maximum Gasteiger partial charge on any atom is 0.419 e. The summed E-state index contributed by atoms with van der Waals surface area (Å²) in [6, 6.07) is 1.90. The summed E-state index contributed by atoms with van der Waals surface area (Å²) in [6.45, 7) is 0.404. The zero-order chi connectivity index (χ0) is 12.6. The van der Waals surface area contributed by atoms with Gasteiger partial charge in [-0.3, -0.25) is 4.99 Å². The third-order valence-corrected chi connectivity index (χ3v) is 2.69. The number of hydrogen-bond donors (Lipinski definition) is 1. The van der Waals surface area contributed by atoms with Crippen molar-refractivity contribution in [1.82, 2.24) is 0 Å². The average molecular weight is 246 g/mol. The SMILES string of the molecule is NC1=NCCCc2c1ccc(C(F)(F)F)c2F. The topological polar surface area (TPSA) is 38.4 Å². The smallest absolute Gasteiger partial charge is 0.383 e. The second kappa shape index (κ2) is 4.01. The number of halogens is 4. The van der Waals surface area contributed by atoms with Crippen molar-refractivity contribution in [2.75, 3.05) is 6.54 Å². The molecule has 0 unspecified atom stereocenters. The van der Waals surface area contributed by atoms with Crippen LogP contribution in [0.1, 0.15) is 23.1 Å². The molecule has 1 aliphatic heterocycles. The van der Waals surface area contributed by atoms with Crippen LogP contribution in [-0.4, -0.2) is 12.4 Å². The predicted octanol–water partition coefficient (Wildman–Crippen LogP) is 2.50. The fourth-order valence-electron chi connectivity index (χ4n) is 1.87. The van der Waals surface area contributed by atoms with E-state index in [1.807, 2.05) is 0 Å². The van der Waals surface area contributed by atoms with Crippen LogP contribution >= 0.6 is 0 Å². The molecule has 0 saturated carbocycles. The van der Waals surface area contributed by atoms with Crippen molar-refractivity contribution in [1.29, 1.82) is 0 Å². The summed E-state index contributed by atoms with van der Waals surface area (Å²) < 4.78 is 51.3. The van der Waals surface area contributed by atoms with Crippen LogP contribution in [0, 0.1) is 5.82 Å². The predicted molar refractivity (Wildman–Crippen MR) is 55.3 cm³/mol. The van der Waals surface area contributed by atoms with Gasteiger partial charge in [0.15, 0.2) is 0 Å². The Morgan fingerprint density at radius 2 is 1.94 bits per heavy atom. The Hall–Kier alpha value is -1.59. The number of benzene rings is 1. The molecule has 0 radical (unpaired) electrons. The first kappa shape index (κ1) is 11.9. The van der Waals surface area contributed by atoms with E-state index in [0.29, 0.717) is 19.0 Å². The lowest BCUT2D eigenvalue weighted by Crippen LogP contribution is -2.18. The van der Waals surface area contributed by atoms with E-state index in [2.05, 4.69) is 4.99 Å². The van der Waals surface area contributed by atoms with Gasteiger partial charge in [0.1, 0.15) is 11.7 Å². The van der Waals surface area contributed by atoms with Crippen molar-refractivity contribution in [3.05, 3.63) is 34.6 Å². The second-order valence-electron chi connectivity index (χ2n) is 3.82. The molecule has 0 amide bonds. The van der Waals surface area contributed by atoms with Crippen molar-refractivity contribution in [2.24, 2.45) is 10.7 Å². The van der Waals surface area contributed by atoms with Crippen LogP contribution in [0.5, 0.6) is 0 Å². The molecule has 0 fully saturated rings. The average Bonchev–Trinajstić information content (AvgIpc) is 2.40. The zero-order valence-corrected chi connectivity index (χ0v) is 8.81. The van der Waals surface area contributed by atoms with Crippen LogP contribution in [0.25, 0.3) is 0 Å². The van der Waals surface area contributed by atoms with Crippen molar-refractivity contribution >= 4 is 5.84 Å². The molecular formula is C11H10F4N2. The molecule has 2 N–H and O–H groups in total. The second-order valence-corrected chi connectivity index (χ2v) is 3.82. The number of nitrogens with zero attached hydrogens (tertiary/aromatic N) is 1. The standard InChI is InChI=1S/C11H10F4N2/c12-9-6-2-1-5-17-10(16)7(6)3-4-8(9)11(13,14)15/h3-4H,1-2,5H2,(H2,16,17). The first-order valence-electron chi connectivity index (χ1n) is 5.10. The van der Waals surface area contributed by atoms with Gasteiger partial charge in [0.05, 0.1) is 5.56 Å². The van der Waals surface area contributed by atoms with Crippen LogP contribution < -0.4 is 5.73 Å². The molecule has 17 heavy (non-hydrogen) atoms. The Labute approximate surface area is 95.1 Å². The lowest BCUT2D eigenvalue weighted by atomic mass is 9.99. The first-order valence-corrected chi connectivity index (χ1v) is 5.10.